The van der Waals surface area contributed by atoms with Gasteiger partial charge >= 0.3 is 5.96 Å². The normalized spacial score (nSPS) is 50.4. The molecule has 156 valence electrons. The van der Waals surface area contributed by atoms with Crippen LogP contribution in [0.5, 0.6) is 0 Å². The first-order valence-corrected chi connectivity index (χ1v) is 11.0. The number of hydrogen-bond acceptors (Lipinski definition) is 6. The summed E-state index contributed by atoms with van der Waals surface area (Å²) in [6, 6.07) is 0.361. The maximum absolute atomic E-state index is 6.46. The van der Waals surface area contributed by atoms with Crippen molar-refractivity contribution in [3.8, 4) is 0 Å². The van der Waals surface area contributed by atoms with Crippen molar-refractivity contribution < 1.29 is 18.9 Å². The summed E-state index contributed by atoms with van der Waals surface area (Å²) in [4.78, 5) is 7.53. The molecule has 0 aromatic carbocycles. The van der Waals surface area contributed by atoms with Crippen molar-refractivity contribution in [2.75, 3.05) is 14.2 Å². The van der Waals surface area contributed by atoms with Crippen LogP contribution in [0.1, 0.15) is 65.2 Å². The number of aliphatic imine (C=N–C) groups is 1. The van der Waals surface area contributed by atoms with E-state index in [0.717, 1.165) is 57.3 Å². The van der Waals surface area contributed by atoms with Crippen molar-refractivity contribution >= 4 is 5.96 Å². The van der Waals surface area contributed by atoms with Crippen molar-refractivity contribution in [1.29, 1.82) is 0 Å². The molecule has 0 unspecified atom stereocenters. The Balaban J connectivity index is 1.55. The summed E-state index contributed by atoms with van der Waals surface area (Å²) in [6.45, 7) is 4.31. The van der Waals surface area contributed by atoms with Crippen LogP contribution in [0.2, 0.25) is 0 Å². The quantitative estimate of drug-likeness (QED) is 0.716. The van der Waals surface area contributed by atoms with Gasteiger partial charge in [0.25, 0.3) is 0 Å². The molecule has 7 nitrogen and oxygen atoms in total. The van der Waals surface area contributed by atoms with Gasteiger partial charge in [-0.1, -0.05) is 10.3 Å². The van der Waals surface area contributed by atoms with E-state index in [1.54, 1.807) is 14.2 Å². The standard InChI is InChI=1S/C21H34N3O4/c1-13-7-5-9-20(27-13)11-15-17(25-3)18(26-4)16-12-21(10-6-8-14(2)28-21)23-19(22-20)24(15)16/h13-18H,5-12H2,1-4H3/q+1/t13-,14-,15+,16+,17+,18+,20-,21-/m1/s1. The van der Waals surface area contributed by atoms with E-state index >= 15 is 0 Å². The van der Waals surface area contributed by atoms with Gasteiger partial charge in [-0.15, -0.1) is 0 Å². The highest BCUT2D eigenvalue weighted by Gasteiger charge is 2.68. The van der Waals surface area contributed by atoms with E-state index in [0.29, 0.717) is 0 Å². The molecule has 0 aliphatic carbocycles. The lowest BCUT2D eigenvalue weighted by Gasteiger charge is -2.46. The number of nitrogens with zero attached hydrogens (tertiary/aromatic N) is 3. The second-order valence-corrected chi connectivity index (χ2v) is 9.41. The molecule has 4 fully saturated rings. The van der Waals surface area contributed by atoms with Gasteiger partial charge in [-0.2, -0.15) is 0 Å². The highest BCUT2D eigenvalue weighted by Crippen LogP contribution is 2.47. The summed E-state index contributed by atoms with van der Waals surface area (Å²) in [5, 5.41) is 5.16. The predicted octanol–water partition coefficient (Wildman–Crippen LogP) is 1.74. The summed E-state index contributed by atoms with van der Waals surface area (Å²) in [5.41, 5.74) is -0.971. The molecule has 0 saturated carbocycles. The smallest absolute Gasteiger partial charge is 0.375 e. The molecule has 0 aromatic heterocycles. The molecule has 2 spiro atoms. The van der Waals surface area contributed by atoms with Gasteiger partial charge in [0.15, 0.2) is 0 Å². The Labute approximate surface area is 168 Å². The highest BCUT2D eigenvalue weighted by molar-refractivity contribution is 5.82. The van der Waals surface area contributed by atoms with Crippen LogP contribution in [-0.2, 0) is 18.9 Å². The molecule has 5 rings (SSSR count). The zero-order valence-corrected chi connectivity index (χ0v) is 17.6. The Morgan fingerprint density at radius 1 is 0.964 bits per heavy atom. The molecule has 28 heavy (non-hydrogen) atoms. The van der Waals surface area contributed by atoms with E-state index in [2.05, 4.69) is 18.7 Å². The second kappa shape index (κ2) is 6.83. The Hall–Kier alpha value is -0.890. The lowest BCUT2D eigenvalue weighted by molar-refractivity contribution is -0.171. The van der Waals surface area contributed by atoms with Gasteiger partial charge in [-0.05, 0) is 39.5 Å². The summed E-state index contributed by atoms with van der Waals surface area (Å²) >= 11 is 0. The molecule has 7 heteroatoms. The maximum atomic E-state index is 6.46. The Bertz CT molecular complexity index is 641. The van der Waals surface area contributed by atoms with Crippen LogP contribution in [0.15, 0.2) is 0 Å². The van der Waals surface area contributed by atoms with Crippen molar-refractivity contribution in [2.24, 2.45) is 0 Å². The number of guanidine groups is 1. The number of rotatable bonds is 2. The molecule has 0 aromatic rings. The number of methoxy groups -OCH3 is 2. The van der Waals surface area contributed by atoms with Crippen LogP contribution in [0.4, 0.5) is 0 Å². The van der Waals surface area contributed by atoms with E-state index in [-0.39, 0.29) is 36.5 Å². The summed E-state index contributed by atoms with van der Waals surface area (Å²) < 4.78 is 24.9. The summed E-state index contributed by atoms with van der Waals surface area (Å²) in [6.07, 6.45) is 8.48. The summed E-state index contributed by atoms with van der Waals surface area (Å²) in [5.74, 6) is 0.803. The van der Waals surface area contributed by atoms with Crippen LogP contribution in [0, 0.1) is 0 Å². The van der Waals surface area contributed by atoms with Gasteiger partial charge in [-0.25, -0.2) is 4.90 Å². The van der Waals surface area contributed by atoms with Gasteiger partial charge in [0.05, 0.1) is 12.2 Å². The van der Waals surface area contributed by atoms with Crippen LogP contribution >= 0.6 is 0 Å². The van der Waals surface area contributed by atoms with E-state index in [1.165, 1.54) is 0 Å². The Kier molecular flexibility index (Phi) is 4.66. The Morgan fingerprint density at radius 3 is 2.25 bits per heavy atom. The third-order valence-electron chi connectivity index (χ3n) is 7.43. The lowest BCUT2D eigenvalue weighted by atomic mass is 9.89. The minimum absolute atomic E-state index is 0.00966. The molecule has 8 atom stereocenters. The van der Waals surface area contributed by atoms with Crippen LogP contribution in [0.3, 0.4) is 0 Å². The first kappa shape index (κ1) is 19.1. The average Bonchev–Trinajstić information content (AvgIpc) is 2.93. The molecular formula is C21H34N3O4+. The van der Waals surface area contributed by atoms with Crippen molar-refractivity contribution in [2.45, 2.75) is 113 Å². The van der Waals surface area contributed by atoms with Crippen LogP contribution in [0.25, 0.3) is 0 Å². The molecule has 5 aliphatic heterocycles. The highest BCUT2D eigenvalue weighted by atomic mass is 16.5. The van der Waals surface area contributed by atoms with Crippen LogP contribution < -0.4 is 10.3 Å². The topological polar surface area (TPSA) is 68.4 Å². The molecule has 0 bridgehead atoms. The van der Waals surface area contributed by atoms with Gasteiger partial charge in [0, 0.05) is 39.9 Å². The molecular weight excluding hydrogens is 358 g/mol. The SMILES string of the molecule is CO[C@@H]1[C@@H](OC)[C@@H]2C[C@]3(CCC[C@@H](C)O3)[N+]=C3[N][C@@]4(CCC[C@@H](C)O4)C[C@@H]1N32. The van der Waals surface area contributed by atoms with Crippen molar-refractivity contribution in [1.82, 2.24) is 15.2 Å². The molecule has 0 N–H and O–H groups in total. The Morgan fingerprint density at radius 2 is 1.61 bits per heavy atom. The maximum Gasteiger partial charge on any atom is 0.424 e. The molecule has 5 aliphatic rings. The average molecular weight is 393 g/mol. The third kappa shape index (κ3) is 2.89. The van der Waals surface area contributed by atoms with E-state index in [4.69, 9.17) is 29.3 Å². The second-order valence-electron chi connectivity index (χ2n) is 9.41. The first-order chi connectivity index (χ1) is 13.5. The molecule has 5 heterocycles. The fourth-order valence-electron chi connectivity index (χ4n) is 6.34. The van der Waals surface area contributed by atoms with Gasteiger partial charge in [-0.3, -0.25) is 0 Å². The van der Waals surface area contributed by atoms with E-state index in [1.807, 2.05) is 0 Å². The van der Waals surface area contributed by atoms with Crippen LogP contribution in [-0.4, -0.2) is 73.0 Å². The fourth-order valence-corrected chi connectivity index (χ4v) is 6.34. The zero-order chi connectivity index (χ0) is 19.5. The molecule has 2 radical (unpaired) electrons. The zero-order valence-electron chi connectivity index (χ0n) is 17.6. The fraction of sp³-hybridized carbons (Fsp3) is 0.952. The van der Waals surface area contributed by atoms with Gasteiger partial charge in [0.2, 0.25) is 11.4 Å². The van der Waals surface area contributed by atoms with Crippen molar-refractivity contribution in [3.05, 3.63) is 0 Å². The predicted molar refractivity (Wildman–Crippen MR) is 104 cm³/mol. The first-order valence-electron chi connectivity index (χ1n) is 11.0. The van der Waals surface area contributed by atoms with Gasteiger partial charge in [0.1, 0.15) is 24.3 Å². The molecule has 4 saturated heterocycles. The summed E-state index contributed by atoms with van der Waals surface area (Å²) in [7, 11) is 3.59. The minimum atomic E-state index is -0.486. The monoisotopic (exact) mass is 392 g/mol. The van der Waals surface area contributed by atoms with E-state index in [9.17, 15) is 0 Å². The largest absolute Gasteiger partial charge is 0.424 e. The number of ether oxygens (including phenoxy) is 4. The lowest BCUT2D eigenvalue weighted by Crippen LogP contribution is -2.69. The van der Waals surface area contributed by atoms with Gasteiger partial charge < -0.3 is 18.9 Å². The van der Waals surface area contributed by atoms with E-state index < -0.39 is 11.4 Å². The molecule has 0 amide bonds. The number of hydrogen-bond donors (Lipinski definition) is 0. The third-order valence-corrected chi connectivity index (χ3v) is 7.43. The van der Waals surface area contributed by atoms with Crippen molar-refractivity contribution in [3.63, 3.8) is 0 Å². The minimum Gasteiger partial charge on any atom is -0.375 e.